The molecule has 4 heteroatoms. The first-order chi connectivity index (χ1) is 10.7. The third-order valence-electron chi connectivity index (χ3n) is 4.02. The molecule has 0 saturated heterocycles. The second-order valence-corrected chi connectivity index (χ2v) is 5.71. The molecule has 0 aromatic heterocycles. The van der Waals surface area contributed by atoms with Crippen molar-refractivity contribution >= 4 is 5.78 Å². The summed E-state index contributed by atoms with van der Waals surface area (Å²) in [4.78, 5) is 14.0. The molecule has 1 aromatic carbocycles. The van der Waals surface area contributed by atoms with E-state index in [4.69, 9.17) is 9.47 Å². The first kappa shape index (κ1) is 16.8. The summed E-state index contributed by atoms with van der Waals surface area (Å²) in [6.07, 6.45) is 4.86. The molecule has 0 atom stereocenters. The van der Waals surface area contributed by atoms with Gasteiger partial charge in [0, 0.05) is 12.6 Å². The van der Waals surface area contributed by atoms with Crippen LogP contribution in [0.2, 0.25) is 0 Å². The van der Waals surface area contributed by atoms with Gasteiger partial charge in [0.1, 0.15) is 11.5 Å². The summed E-state index contributed by atoms with van der Waals surface area (Å²) in [5, 5.41) is 0. The van der Waals surface area contributed by atoms with Crippen LogP contribution in [0.1, 0.15) is 49.9 Å². The number of benzene rings is 1. The zero-order chi connectivity index (χ0) is 15.8. The van der Waals surface area contributed by atoms with Crippen LogP contribution in [0.5, 0.6) is 11.5 Å². The molecule has 0 spiro atoms. The van der Waals surface area contributed by atoms with Gasteiger partial charge in [0.2, 0.25) is 5.78 Å². The predicted octanol–water partition coefficient (Wildman–Crippen LogP) is 3.54. The largest absolute Gasteiger partial charge is 0.493 e. The SMILES string of the molecule is CCCCCN(CC)CCCOc1ccc2c(c1)OCC2=O. The Bertz CT molecular complexity index is 487. The Kier molecular flexibility index (Phi) is 6.72. The van der Waals surface area contributed by atoms with Crippen molar-refractivity contribution in [2.75, 3.05) is 32.8 Å². The first-order valence-corrected chi connectivity index (χ1v) is 8.39. The number of Topliss-reactive ketones (excluding diaryl/α,β-unsaturated/α-hetero) is 1. The van der Waals surface area contributed by atoms with Gasteiger partial charge in [-0.15, -0.1) is 0 Å². The van der Waals surface area contributed by atoms with E-state index < -0.39 is 0 Å². The van der Waals surface area contributed by atoms with Gasteiger partial charge < -0.3 is 14.4 Å². The van der Waals surface area contributed by atoms with Crippen LogP contribution in [0.15, 0.2) is 18.2 Å². The molecule has 0 fully saturated rings. The topological polar surface area (TPSA) is 38.8 Å². The number of carbonyl (C=O) groups is 1. The molecule has 0 amide bonds. The molecule has 0 radical (unpaired) electrons. The summed E-state index contributed by atoms with van der Waals surface area (Å²) in [6.45, 7) is 8.64. The molecule has 2 rings (SSSR count). The van der Waals surface area contributed by atoms with Crippen LogP contribution in [-0.2, 0) is 0 Å². The maximum absolute atomic E-state index is 11.5. The molecular weight excluding hydrogens is 278 g/mol. The van der Waals surface area contributed by atoms with E-state index in [2.05, 4.69) is 18.7 Å². The number of fused-ring (bicyclic) bond motifs is 1. The minimum atomic E-state index is 0.0483. The highest BCUT2D eigenvalue weighted by atomic mass is 16.5. The Morgan fingerprint density at radius 2 is 2.00 bits per heavy atom. The van der Waals surface area contributed by atoms with E-state index in [1.165, 1.54) is 25.8 Å². The van der Waals surface area contributed by atoms with Gasteiger partial charge in [-0.05, 0) is 38.1 Å². The highest BCUT2D eigenvalue weighted by Gasteiger charge is 2.21. The van der Waals surface area contributed by atoms with Crippen LogP contribution in [-0.4, -0.2) is 43.5 Å². The molecule has 0 unspecified atom stereocenters. The van der Waals surface area contributed by atoms with Crippen molar-refractivity contribution in [1.82, 2.24) is 4.90 Å². The molecule has 0 bridgehead atoms. The van der Waals surface area contributed by atoms with E-state index >= 15 is 0 Å². The number of hydrogen-bond acceptors (Lipinski definition) is 4. The summed E-state index contributed by atoms with van der Waals surface area (Å²) < 4.78 is 11.1. The van der Waals surface area contributed by atoms with Gasteiger partial charge in [-0.3, -0.25) is 4.79 Å². The monoisotopic (exact) mass is 305 g/mol. The van der Waals surface area contributed by atoms with Crippen LogP contribution in [0, 0.1) is 0 Å². The average Bonchev–Trinajstić information content (AvgIpc) is 2.90. The Morgan fingerprint density at radius 1 is 1.18 bits per heavy atom. The smallest absolute Gasteiger partial charge is 0.203 e. The Morgan fingerprint density at radius 3 is 2.77 bits per heavy atom. The van der Waals surface area contributed by atoms with Gasteiger partial charge in [-0.2, -0.15) is 0 Å². The third kappa shape index (κ3) is 4.73. The maximum atomic E-state index is 11.5. The van der Waals surface area contributed by atoms with Crippen molar-refractivity contribution in [3.8, 4) is 11.5 Å². The van der Waals surface area contributed by atoms with Crippen LogP contribution < -0.4 is 9.47 Å². The lowest BCUT2D eigenvalue weighted by atomic mass is 10.1. The molecule has 1 heterocycles. The zero-order valence-electron chi connectivity index (χ0n) is 13.8. The van der Waals surface area contributed by atoms with Gasteiger partial charge in [0.15, 0.2) is 6.61 Å². The number of rotatable bonds is 10. The summed E-state index contributed by atoms with van der Waals surface area (Å²) in [6, 6.07) is 5.46. The quantitative estimate of drug-likeness (QED) is 0.620. The minimum absolute atomic E-state index is 0.0483. The van der Waals surface area contributed by atoms with E-state index in [1.54, 1.807) is 6.07 Å². The van der Waals surface area contributed by atoms with Crippen LogP contribution in [0.4, 0.5) is 0 Å². The highest BCUT2D eigenvalue weighted by molar-refractivity contribution is 6.02. The fraction of sp³-hybridized carbons (Fsp3) is 0.611. The lowest BCUT2D eigenvalue weighted by Crippen LogP contribution is -2.26. The van der Waals surface area contributed by atoms with Crippen LogP contribution in [0.25, 0.3) is 0 Å². The molecule has 122 valence electrons. The van der Waals surface area contributed by atoms with Crippen LogP contribution in [0.3, 0.4) is 0 Å². The van der Waals surface area contributed by atoms with Gasteiger partial charge in [-0.1, -0.05) is 26.7 Å². The number of ketones is 1. The zero-order valence-corrected chi connectivity index (χ0v) is 13.8. The van der Waals surface area contributed by atoms with E-state index in [9.17, 15) is 4.79 Å². The van der Waals surface area contributed by atoms with Crippen LogP contribution >= 0.6 is 0 Å². The first-order valence-electron chi connectivity index (χ1n) is 8.39. The molecule has 1 aliphatic rings. The Balaban J connectivity index is 1.69. The lowest BCUT2D eigenvalue weighted by molar-refractivity contribution is 0.0961. The van der Waals surface area contributed by atoms with Crippen molar-refractivity contribution in [2.45, 2.75) is 39.5 Å². The summed E-state index contributed by atoms with van der Waals surface area (Å²) in [5.74, 6) is 1.48. The van der Waals surface area contributed by atoms with Gasteiger partial charge >= 0.3 is 0 Å². The summed E-state index contributed by atoms with van der Waals surface area (Å²) >= 11 is 0. The molecule has 0 saturated carbocycles. The maximum Gasteiger partial charge on any atom is 0.203 e. The average molecular weight is 305 g/mol. The van der Waals surface area contributed by atoms with E-state index in [-0.39, 0.29) is 12.4 Å². The normalized spacial score (nSPS) is 13.3. The fourth-order valence-electron chi connectivity index (χ4n) is 2.65. The van der Waals surface area contributed by atoms with Gasteiger partial charge in [0.25, 0.3) is 0 Å². The molecule has 1 aliphatic heterocycles. The van der Waals surface area contributed by atoms with Crippen molar-refractivity contribution < 1.29 is 14.3 Å². The second kappa shape index (κ2) is 8.79. The summed E-state index contributed by atoms with van der Waals surface area (Å²) in [7, 11) is 0. The summed E-state index contributed by atoms with van der Waals surface area (Å²) in [5.41, 5.74) is 0.667. The Labute approximate surface area is 133 Å². The van der Waals surface area contributed by atoms with Crippen molar-refractivity contribution in [3.63, 3.8) is 0 Å². The van der Waals surface area contributed by atoms with E-state index in [0.717, 1.165) is 25.3 Å². The predicted molar refractivity (Wildman–Crippen MR) is 88.0 cm³/mol. The van der Waals surface area contributed by atoms with E-state index in [1.807, 2.05) is 12.1 Å². The van der Waals surface area contributed by atoms with E-state index in [0.29, 0.717) is 17.9 Å². The van der Waals surface area contributed by atoms with Crippen molar-refractivity contribution in [2.24, 2.45) is 0 Å². The fourth-order valence-corrected chi connectivity index (χ4v) is 2.65. The van der Waals surface area contributed by atoms with Crippen molar-refractivity contribution in [3.05, 3.63) is 23.8 Å². The number of ether oxygens (including phenoxy) is 2. The lowest BCUT2D eigenvalue weighted by Gasteiger charge is -2.20. The minimum Gasteiger partial charge on any atom is -0.493 e. The standard InChI is InChI=1S/C18H27NO3/c1-3-5-6-10-19(4-2)11-7-12-21-15-8-9-16-17(20)14-22-18(16)13-15/h8-9,13H,3-7,10-12,14H2,1-2H3. The molecule has 0 aliphatic carbocycles. The second-order valence-electron chi connectivity index (χ2n) is 5.71. The number of nitrogens with zero attached hydrogens (tertiary/aromatic N) is 1. The number of carbonyl (C=O) groups excluding carboxylic acids is 1. The molecular formula is C18H27NO3. The molecule has 1 aromatic rings. The Hall–Kier alpha value is -1.55. The van der Waals surface area contributed by atoms with Crippen molar-refractivity contribution in [1.29, 1.82) is 0 Å². The highest BCUT2D eigenvalue weighted by Crippen LogP contribution is 2.29. The number of hydrogen-bond donors (Lipinski definition) is 0. The van der Waals surface area contributed by atoms with Gasteiger partial charge in [0.05, 0.1) is 12.2 Å². The van der Waals surface area contributed by atoms with Gasteiger partial charge in [-0.25, -0.2) is 0 Å². The molecule has 4 nitrogen and oxygen atoms in total. The molecule has 0 N–H and O–H groups in total. The third-order valence-corrected chi connectivity index (χ3v) is 4.02. The molecule has 22 heavy (non-hydrogen) atoms. The number of unbranched alkanes of at least 4 members (excludes halogenated alkanes) is 2.